The van der Waals surface area contributed by atoms with E-state index < -0.39 is 11.4 Å². The number of benzene rings is 1. The zero-order valence-corrected chi connectivity index (χ0v) is 14.1. The molecule has 1 atom stereocenters. The number of aromatic nitrogens is 1. The number of fused-ring (bicyclic) bond motifs is 2. The van der Waals surface area contributed by atoms with Crippen LogP contribution >= 0.6 is 11.6 Å². The number of nitrogens with one attached hydrogen (secondary N) is 2. The van der Waals surface area contributed by atoms with Crippen LogP contribution in [0.3, 0.4) is 0 Å². The zero-order valence-electron chi connectivity index (χ0n) is 13.3. The van der Waals surface area contributed by atoms with Crippen molar-refractivity contribution in [2.24, 2.45) is 0 Å². The third-order valence-corrected chi connectivity index (χ3v) is 5.06. The summed E-state index contributed by atoms with van der Waals surface area (Å²) in [5, 5.41) is 13.4. The Bertz CT molecular complexity index is 866. The Labute approximate surface area is 148 Å². The molecule has 132 valence electrons. The molecule has 1 aromatic carbocycles. The molecule has 6 nitrogen and oxygen atoms in total. The molecule has 8 heteroatoms. The van der Waals surface area contributed by atoms with Gasteiger partial charge >= 0.3 is 0 Å². The maximum absolute atomic E-state index is 14.2. The largest absolute Gasteiger partial charge is 0.507 e. The summed E-state index contributed by atoms with van der Waals surface area (Å²) < 4.78 is 20.0. The lowest BCUT2D eigenvalue weighted by Crippen LogP contribution is -2.52. The molecule has 0 aliphatic carbocycles. The second kappa shape index (κ2) is 6.33. The van der Waals surface area contributed by atoms with Crippen LogP contribution < -0.4 is 15.6 Å². The number of H-pyrrole nitrogens is 1. The average molecular weight is 366 g/mol. The maximum Gasteiger partial charge on any atom is 0.256 e. The number of aromatic hydroxyl groups is 1. The number of aromatic amines is 1. The Balaban J connectivity index is 1.86. The number of nitrogens with zero attached hydrogens (tertiary/aromatic N) is 1. The molecule has 2 aliphatic heterocycles. The lowest BCUT2D eigenvalue weighted by Gasteiger charge is -2.33. The first kappa shape index (κ1) is 16.4. The fourth-order valence-electron chi connectivity index (χ4n) is 3.38. The van der Waals surface area contributed by atoms with E-state index in [-0.39, 0.29) is 33.8 Å². The van der Waals surface area contributed by atoms with Gasteiger partial charge in [0.1, 0.15) is 28.9 Å². The Hall–Kier alpha value is -2.09. The number of ether oxygens (including phenoxy) is 1. The van der Waals surface area contributed by atoms with E-state index in [1.165, 1.54) is 18.2 Å². The van der Waals surface area contributed by atoms with Crippen LogP contribution in [0.15, 0.2) is 23.0 Å². The molecule has 0 saturated carbocycles. The van der Waals surface area contributed by atoms with E-state index in [9.17, 15) is 14.3 Å². The molecule has 1 aromatic heterocycles. The van der Waals surface area contributed by atoms with E-state index in [0.29, 0.717) is 18.7 Å². The summed E-state index contributed by atoms with van der Waals surface area (Å²) in [7, 11) is 0. The van der Waals surface area contributed by atoms with Crippen LogP contribution in [0.25, 0.3) is 11.3 Å². The summed E-state index contributed by atoms with van der Waals surface area (Å²) in [6.07, 6.45) is 0. The number of rotatable bonds is 1. The summed E-state index contributed by atoms with van der Waals surface area (Å²) in [4.78, 5) is 17.4. The molecule has 0 bridgehead atoms. The Morgan fingerprint density at radius 1 is 1.40 bits per heavy atom. The van der Waals surface area contributed by atoms with Gasteiger partial charge in [-0.25, -0.2) is 4.39 Å². The molecular formula is C17H17ClFN3O3. The number of hydrogen-bond donors (Lipinski definition) is 3. The molecule has 0 spiro atoms. The molecule has 2 aromatic rings. The van der Waals surface area contributed by atoms with Gasteiger partial charge in [0.2, 0.25) is 0 Å². The Morgan fingerprint density at radius 2 is 2.24 bits per heavy atom. The number of hydrogen-bond acceptors (Lipinski definition) is 5. The molecule has 4 rings (SSSR count). The second-order valence-electron chi connectivity index (χ2n) is 6.22. The normalized spacial score (nSPS) is 20.3. The third-order valence-electron chi connectivity index (χ3n) is 4.70. The molecule has 1 saturated heterocycles. The first-order valence-electron chi connectivity index (χ1n) is 8.06. The molecule has 0 radical (unpaired) electrons. The van der Waals surface area contributed by atoms with Crippen molar-refractivity contribution in [2.75, 3.05) is 26.2 Å². The van der Waals surface area contributed by atoms with Crippen LogP contribution in [0.2, 0.25) is 5.02 Å². The van der Waals surface area contributed by atoms with Crippen molar-refractivity contribution >= 4 is 11.6 Å². The predicted octanol–water partition coefficient (Wildman–Crippen LogP) is 1.71. The molecule has 3 heterocycles. The van der Waals surface area contributed by atoms with Crippen LogP contribution in [0, 0.1) is 5.82 Å². The van der Waals surface area contributed by atoms with Gasteiger partial charge in [-0.1, -0.05) is 17.7 Å². The molecule has 25 heavy (non-hydrogen) atoms. The van der Waals surface area contributed by atoms with Crippen LogP contribution in [-0.2, 0) is 6.54 Å². The van der Waals surface area contributed by atoms with Crippen LogP contribution in [0.1, 0.15) is 5.56 Å². The highest BCUT2D eigenvalue weighted by Gasteiger charge is 2.31. The quantitative estimate of drug-likeness (QED) is 0.717. The van der Waals surface area contributed by atoms with Crippen molar-refractivity contribution < 1.29 is 14.2 Å². The minimum Gasteiger partial charge on any atom is -0.507 e. The summed E-state index contributed by atoms with van der Waals surface area (Å²) in [6.45, 7) is 3.22. The monoisotopic (exact) mass is 365 g/mol. The second-order valence-corrected chi connectivity index (χ2v) is 6.60. The number of pyridine rings is 1. The van der Waals surface area contributed by atoms with Gasteiger partial charge in [0, 0.05) is 26.2 Å². The Kier molecular flexibility index (Phi) is 4.15. The lowest BCUT2D eigenvalue weighted by atomic mass is 10.1. The van der Waals surface area contributed by atoms with E-state index in [4.69, 9.17) is 16.3 Å². The van der Waals surface area contributed by atoms with Crippen molar-refractivity contribution in [2.45, 2.75) is 12.6 Å². The number of piperazine rings is 1. The standard InChI is InChI=1S/C17H17ClFN3O3/c18-14-15(13-11(19)2-1-3-12(13)23)21-17(24)10-7-22-5-4-20-6-9(22)8-25-16(10)14/h1-3,9,20,23H,4-8H2,(H,21,24)/t9-/m1/s1. The van der Waals surface area contributed by atoms with Crippen LogP contribution in [-0.4, -0.2) is 47.3 Å². The lowest BCUT2D eigenvalue weighted by molar-refractivity contribution is 0.120. The van der Waals surface area contributed by atoms with Crippen molar-refractivity contribution in [1.29, 1.82) is 0 Å². The topological polar surface area (TPSA) is 77.6 Å². The SMILES string of the molecule is O=c1[nH]c(-c2c(O)cccc2F)c(Cl)c2c1CN1CCNC[C@@H]1CO2. The van der Waals surface area contributed by atoms with Gasteiger partial charge in [0.25, 0.3) is 5.56 Å². The minimum absolute atomic E-state index is 0.0269. The van der Waals surface area contributed by atoms with Gasteiger partial charge < -0.3 is 20.1 Å². The van der Waals surface area contributed by atoms with E-state index in [2.05, 4.69) is 15.2 Å². The van der Waals surface area contributed by atoms with E-state index in [1.54, 1.807) is 0 Å². The van der Waals surface area contributed by atoms with Crippen molar-refractivity contribution in [3.05, 3.63) is 45.0 Å². The molecule has 0 unspecified atom stereocenters. The van der Waals surface area contributed by atoms with E-state index >= 15 is 0 Å². The minimum atomic E-state index is -0.673. The summed E-state index contributed by atoms with van der Waals surface area (Å²) >= 11 is 6.44. The number of halogens is 2. The van der Waals surface area contributed by atoms with Gasteiger partial charge in [0.05, 0.1) is 22.9 Å². The van der Waals surface area contributed by atoms with Gasteiger partial charge in [-0.15, -0.1) is 0 Å². The average Bonchev–Trinajstić information content (AvgIpc) is 2.79. The Morgan fingerprint density at radius 3 is 3.04 bits per heavy atom. The molecule has 3 N–H and O–H groups in total. The highest BCUT2D eigenvalue weighted by molar-refractivity contribution is 6.34. The van der Waals surface area contributed by atoms with Gasteiger partial charge in [-0.3, -0.25) is 9.69 Å². The summed E-state index contributed by atoms with van der Waals surface area (Å²) in [5.74, 6) is -0.710. The molecule has 0 amide bonds. The van der Waals surface area contributed by atoms with E-state index in [1.807, 2.05) is 0 Å². The van der Waals surface area contributed by atoms with E-state index in [0.717, 1.165) is 19.6 Å². The van der Waals surface area contributed by atoms with Crippen molar-refractivity contribution in [3.8, 4) is 22.8 Å². The van der Waals surface area contributed by atoms with Crippen LogP contribution in [0.4, 0.5) is 4.39 Å². The highest BCUT2D eigenvalue weighted by Crippen LogP contribution is 2.40. The number of phenolic OH excluding ortho intramolecular Hbond substituents is 1. The maximum atomic E-state index is 14.2. The summed E-state index contributed by atoms with van der Waals surface area (Å²) in [5.41, 5.74) is -0.0798. The smallest absolute Gasteiger partial charge is 0.256 e. The first-order valence-corrected chi connectivity index (χ1v) is 8.44. The van der Waals surface area contributed by atoms with Gasteiger partial charge in [-0.05, 0) is 12.1 Å². The summed E-state index contributed by atoms with van der Waals surface area (Å²) in [6, 6.07) is 4.06. The van der Waals surface area contributed by atoms with Crippen molar-refractivity contribution in [3.63, 3.8) is 0 Å². The fraction of sp³-hybridized carbons (Fsp3) is 0.353. The fourth-order valence-corrected chi connectivity index (χ4v) is 3.69. The predicted molar refractivity (Wildman–Crippen MR) is 91.7 cm³/mol. The number of phenols is 1. The first-order chi connectivity index (χ1) is 12.1. The third kappa shape index (κ3) is 2.78. The molecular weight excluding hydrogens is 349 g/mol. The zero-order chi connectivity index (χ0) is 17.6. The van der Waals surface area contributed by atoms with Gasteiger partial charge in [0.15, 0.2) is 0 Å². The molecule has 1 fully saturated rings. The van der Waals surface area contributed by atoms with Crippen LogP contribution in [0.5, 0.6) is 11.5 Å². The highest BCUT2D eigenvalue weighted by atomic mass is 35.5. The van der Waals surface area contributed by atoms with Gasteiger partial charge in [-0.2, -0.15) is 0 Å². The van der Waals surface area contributed by atoms with Crippen molar-refractivity contribution in [1.82, 2.24) is 15.2 Å². The molecule has 2 aliphatic rings.